The number of nitrogens with two attached hydrogens (primary N) is 1. The van der Waals surface area contributed by atoms with Crippen molar-refractivity contribution in [2.24, 2.45) is 11.7 Å². The van der Waals surface area contributed by atoms with Gasteiger partial charge in [0.15, 0.2) is 0 Å². The molecule has 0 saturated carbocycles. The molecule has 2 aromatic carbocycles. The maximum absolute atomic E-state index is 13.9. The lowest BCUT2D eigenvalue weighted by molar-refractivity contribution is -0.145. The SMILES string of the molecule is CC(C)[C@H](NC(=O)[C@@H]1CCCN1C(=O)[C@@H](N)Cc1ccc(O)cc1)C(=O)N[C@@H](CCC(=O)O)C(=O)N1CCC[C@H]1C(=O)N[C@@H](Cc1ccccc1)C(=O)O. The summed E-state index contributed by atoms with van der Waals surface area (Å²) >= 11 is 0. The van der Waals surface area contributed by atoms with Gasteiger partial charge in [0.2, 0.25) is 29.5 Å². The van der Waals surface area contributed by atoms with Crippen LogP contribution in [-0.2, 0) is 46.4 Å². The maximum Gasteiger partial charge on any atom is 0.326 e. The van der Waals surface area contributed by atoms with Crippen molar-refractivity contribution in [3.05, 3.63) is 65.7 Å². The molecule has 5 amide bonds. The Kier molecular flexibility index (Phi) is 14.5. The molecule has 2 aliphatic heterocycles. The second-order valence-corrected chi connectivity index (χ2v) is 14.2. The molecular formula is C38H50N6O10. The number of likely N-dealkylation sites (tertiary alicyclic amines) is 2. The Bertz CT molecular complexity index is 1670. The van der Waals surface area contributed by atoms with Crippen LogP contribution in [0.4, 0.5) is 0 Å². The van der Waals surface area contributed by atoms with Crippen LogP contribution < -0.4 is 21.7 Å². The van der Waals surface area contributed by atoms with Crippen molar-refractivity contribution in [1.82, 2.24) is 25.8 Å². The Labute approximate surface area is 313 Å². The van der Waals surface area contributed by atoms with Gasteiger partial charge in [-0.1, -0.05) is 56.3 Å². The molecule has 6 atom stereocenters. The molecule has 2 aromatic rings. The van der Waals surface area contributed by atoms with E-state index in [1.165, 1.54) is 21.9 Å². The third kappa shape index (κ3) is 11.0. The van der Waals surface area contributed by atoms with Gasteiger partial charge in [-0.3, -0.25) is 28.8 Å². The van der Waals surface area contributed by atoms with Crippen LogP contribution in [0.5, 0.6) is 5.75 Å². The highest BCUT2D eigenvalue weighted by molar-refractivity contribution is 5.97. The zero-order valence-electron chi connectivity index (χ0n) is 30.5. The van der Waals surface area contributed by atoms with Crippen LogP contribution >= 0.6 is 0 Å². The summed E-state index contributed by atoms with van der Waals surface area (Å²) in [4.78, 5) is 94.3. The standard InChI is InChI=1S/C38H50N6O10/c1-22(2)32(42-34(49)30-11-6-18-43(30)36(51)26(39)20-24-12-14-25(45)15-13-24)35(50)40-27(16-17-31(46)47)37(52)44-19-7-10-29(44)33(48)41-28(38(53)54)21-23-8-4-3-5-9-23/h3-5,8-9,12-15,22,26-30,32,45H,6-7,10-11,16-21,39H2,1-2H3,(H,40,50)(H,41,48)(H,42,49)(H,46,47)(H,53,54)/t26-,27-,28-,29-,30-,32-/m0/s1. The Balaban J connectivity index is 1.43. The van der Waals surface area contributed by atoms with Crippen LogP contribution in [0.25, 0.3) is 0 Å². The number of hydrogen-bond donors (Lipinski definition) is 7. The molecule has 0 aliphatic carbocycles. The number of carboxylic acid groups (broad SMARTS) is 2. The molecule has 0 spiro atoms. The van der Waals surface area contributed by atoms with Gasteiger partial charge in [-0.2, -0.15) is 0 Å². The van der Waals surface area contributed by atoms with Crippen molar-refractivity contribution in [2.75, 3.05) is 13.1 Å². The highest BCUT2D eigenvalue weighted by Gasteiger charge is 2.41. The first-order valence-electron chi connectivity index (χ1n) is 18.2. The highest BCUT2D eigenvalue weighted by Crippen LogP contribution is 2.22. The topological polar surface area (TPSA) is 249 Å². The number of carbonyl (C=O) groups is 7. The van der Waals surface area contributed by atoms with Crippen LogP contribution in [-0.4, -0.2) is 116 Å². The Morgan fingerprint density at radius 3 is 1.85 bits per heavy atom. The first-order chi connectivity index (χ1) is 25.7. The average Bonchev–Trinajstić information content (AvgIpc) is 3.83. The van der Waals surface area contributed by atoms with Gasteiger partial charge in [-0.15, -0.1) is 0 Å². The van der Waals surface area contributed by atoms with Crippen LogP contribution in [0.1, 0.15) is 63.5 Å². The molecule has 4 rings (SSSR count). The van der Waals surface area contributed by atoms with Crippen molar-refractivity contribution in [3.8, 4) is 5.75 Å². The highest BCUT2D eigenvalue weighted by atomic mass is 16.4. The fourth-order valence-electron chi connectivity index (χ4n) is 6.88. The number of hydrogen-bond acceptors (Lipinski definition) is 9. The predicted octanol–water partition coefficient (Wildman–Crippen LogP) is 0.547. The predicted molar refractivity (Wildman–Crippen MR) is 195 cm³/mol. The molecule has 2 heterocycles. The van der Waals surface area contributed by atoms with E-state index >= 15 is 0 Å². The number of aromatic hydroxyl groups is 1. The molecule has 16 heteroatoms. The molecule has 54 heavy (non-hydrogen) atoms. The van der Waals surface area contributed by atoms with Gasteiger partial charge in [-0.05, 0) is 67.7 Å². The first kappa shape index (κ1) is 41.2. The third-order valence-electron chi connectivity index (χ3n) is 9.79. The molecule has 292 valence electrons. The number of phenolic OH excluding ortho intramolecular Hbond substituents is 1. The van der Waals surface area contributed by atoms with Crippen LogP contribution in [0.3, 0.4) is 0 Å². The van der Waals surface area contributed by atoms with Gasteiger partial charge in [-0.25, -0.2) is 4.79 Å². The van der Waals surface area contributed by atoms with E-state index in [9.17, 15) is 48.9 Å². The maximum atomic E-state index is 13.9. The molecule has 0 radical (unpaired) electrons. The minimum atomic E-state index is -1.37. The van der Waals surface area contributed by atoms with E-state index in [1.807, 2.05) is 0 Å². The second kappa shape index (κ2) is 19.0. The summed E-state index contributed by atoms with van der Waals surface area (Å²) in [5.41, 5.74) is 7.65. The smallest absolute Gasteiger partial charge is 0.326 e. The molecule has 2 aliphatic rings. The van der Waals surface area contributed by atoms with E-state index in [1.54, 1.807) is 56.3 Å². The van der Waals surface area contributed by atoms with Gasteiger partial charge in [0.1, 0.15) is 36.0 Å². The largest absolute Gasteiger partial charge is 0.508 e. The number of carbonyl (C=O) groups excluding carboxylic acids is 5. The lowest BCUT2D eigenvalue weighted by Gasteiger charge is -2.32. The summed E-state index contributed by atoms with van der Waals surface area (Å²) in [6.45, 7) is 3.77. The van der Waals surface area contributed by atoms with Crippen molar-refractivity contribution in [1.29, 1.82) is 0 Å². The van der Waals surface area contributed by atoms with E-state index in [-0.39, 0.29) is 44.5 Å². The first-order valence-corrected chi connectivity index (χ1v) is 18.2. The molecule has 0 unspecified atom stereocenters. The quantitative estimate of drug-likeness (QED) is 0.118. The Hall–Kier alpha value is -5.51. The molecule has 0 aromatic heterocycles. The van der Waals surface area contributed by atoms with Crippen molar-refractivity contribution >= 4 is 41.5 Å². The monoisotopic (exact) mass is 750 g/mol. The molecule has 2 saturated heterocycles. The van der Waals surface area contributed by atoms with E-state index in [2.05, 4.69) is 16.0 Å². The number of amides is 5. The lowest BCUT2D eigenvalue weighted by Crippen LogP contribution is -2.60. The number of aliphatic carboxylic acids is 2. The normalized spacial score (nSPS) is 19.0. The summed E-state index contributed by atoms with van der Waals surface area (Å²) in [6, 6.07) is 8.29. The zero-order chi connectivity index (χ0) is 39.5. The Morgan fingerprint density at radius 2 is 1.30 bits per heavy atom. The van der Waals surface area contributed by atoms with E-state index in [0.717, 1.165) is 5.56 Å². The van der Waals surface area contributed by atoms with Gasteiger partial charge in [0, 0.05) is 25.9 Å². The van der Waals surface area contributed by atoms with E-state index in [0.29, 0.717) is 24.8 Å². The minimum Gasteiger partial charge on any atom is -0.508 e. The second-order valence-electron chi connectivity index (χ2n) is 14.2. The number of phenols is 1. The van der Waals surface area contributed by atoms with Crippen LogP contribution in [0, 0.1) is 5.92 Å². The third-order valence-corrected chi connectivity index (χ3v) is 9.79. The molecule has 0 bridgehead atoms. The summed E-state index contributed by atoms with van der Waals surface area (Å²) in [5, 5.41) is 36.6. The van der Waals surface area contributed by atoms with Crippen LogP contribution in [0.15, 0.2) is 54.6 Å². The molecule has 16 nitrogen and oxygen atoms in total. The van der Waals surface area contributed by atoms with Crippen molar-refractivity contribution in [3.63, 3.8) is 0 Å². The fraction of sp³-hybridized carbons (Fsp3) is 0.500. The lowest BCUT2D eigenvalue weighted by atomic mass is 10.0. The average molecular weight is 751 g/mol. The number of nitrogens with zero attached hydrogens (tertiary/aromatic N) is 2. The van der Waals surface area contributed by atoms with Gasteiger partial charge >= 0.3 is 11.9 Å². The summed E-state index contributed by atoms with van der Waals surface area (Å²) in [6.07, 6.45) is 0.920. The van der Waals surface area contributed by atoms with Crippen molar-refractivity contribution in [2.45, 2.75) is 101 Å². The van der Waals surface area contributed by atoms with Gasteiger partial charge < -0.3 is 46.8 Å². The summed E-state index contributed by atoms with van der Waals surface area (Å²) in [5.74, 6) is -6.05. The number of rotatable bonds is 17. The molecular weight excluding hydrogens is 700 g/mol. The van der Waals surface area contributed by atoms with E-state index in [4.69, 9.17) is 5.73 Å². The van der Waals surface area contributed by atoms with Gasteiger partial charge in [0.25, 0.3) is 0 Å². The zero-order valence-corrected chi connectivity index (χ0v) is 30.5. The number of benzene rings is 2. The van der Waals surface area contributed by atoms with Gasteiger partial charge in [0.05, 0.1) is 6.04 Å². The Morgan fingerprint density at radius 1 is 0.741 bits per heavy atom. The van der Waals surface area contributed by atoms with E-state index < -0.39 is 90.1 Å². The summed E-state index contributed by atoms with van der Waals surface area (Å²) < 4.78 is 0. The number of nitrogens with one attached hydrogen (secondary N) is 3. The fourth-order valence-corrected chi connectivity index (χ4v) is 6.88. The molecule has 2 fully saturated rings. The van der Waals surface area contributed by atoms with Crippen molar-refractivity contribution < 1.29 is 48.9 Å². The summed E-state index contributed by atoms with van der Waals surface area (Å²) in [7, 11) is 0. The minimum absolute atomic E-state index is 0.0154. The molecule has 8 N–H and O–H groups in total. The van der Waals surface area contributed by atoms with Crippen LogP contribution in [0.2, 0.25) is 0 Å². The number of carboxylic acids is 2.